The summed E-state index contributed by atoms with van der Waals surface area (Å²) in [5.41, 5.74) is 3.08. The molecule has 0 unspecified atom stereocenters. The van der Waals surface area contributed by atoms with Crippen LogP contribution in [0.2, 0.25) is 0 Å². The molecule has 1 nitrogen and oxygen atoms in total. The zero-order chi connectivity index (χ0) is 13.6. The van der Waals surface area contributed by atoms with Crippen LogP contribution in [-0.4, -0.2) is 12.6 Å². The van der Waals surface area contributed by atoms with Crippen LogP contribution in [0.15, 0.2) is 24.3 Å². The number of hydrogen-bond donors (Lipinski definition) is 1. The van der Waals surface area contributed by atoms with Crippen LogP contribution in [0.3, 0.4) is 0 Å². The molecule has 1 aromatic rings. The molecule has 2 aliphatic rings. The minimum absolute atomic E-state index is 0.802. The Morgan fingerprint density at radius 3 is 2.15 bits per heavy atom. The van der Waals surface area contributed by atoms with Crippen LogP contribution in [0.25, 0.3) is 0 Å². The highest BCUT2D eigenvalue weighted by Crippen LogP contribution is 2.32. The van der Waals surface area contributed by atoms with Crippen molar-refractivity contribution in [3.8, 4) is 0 Å². The quantitative estimate of drug-likeness (QED) is 0.810. The van der Waals surface area contributed by atoms with Crippen molar-refractivity contribution in [3.63, 3.8) is 0 Å². The summed E-state index contributed by atoms with van der Waals surface area (Å²) < 4.78 is 0. The van der Waals surface area contributed by atoms with Crippen LogP contribution in [0.5, 0.6) is 0 Å². The van der Waals surface area contributed by atoms with Crippen molar-refractivity contribution < 1.29 is 0 Å². The molecule has 110 valence electrons. The van der Waals surface area contributed by atoms with E-state index in [0.717, 1.165) is 18.5 Å². The Kier molecular flexibility index (Phi) is 5.13. The Balaban J connectivity index is 1.45. The van der Waals surface area contributed by atoms with Crippen LogP contribution in [0.1, 0.15) is 74.8 Å². The fourth-order valence-corrected chi connectivity index (χ4v) is 3.94. The van der Waals surface area contributed by atoms with Crippen LogP contribution in [0.4, 0.5) is 0 Å². The summed E-state index contributed by atoms with van der Waals surface area (Å²) in [6.45, 7) is 1.15. The molecule has 20 heavy (non-hydrogen) atoms. The fourth-order valence-electron chi connectivity index (χ4n) is 3.94. The standard InChI is InChI=1S/C19H29N/c1-2-6-17(7-3-1)18-12-10-16(11-13-18)14-15-20-19-8-4-5-9-19/h10-13,17,19-20H,1-9,14-15H2. The molecule has 0 spiro atoms. The number of benzene rings is 1. The SMILES string of the molecule is c1cc(C2CCCCC2)ccc1CCNC1CCCC1. The first-order chi connectivity index (χ1) is 9.92. The van der Waals surface area contributed by atoms with E-state index in [-0.39, 0.29) is 0 Å². The molecule has 3 rings (SSSR count). The molecule has 1 aromatic carbocycles. The first-order valence-corrected chi connectivity index (χ1v) is 8.74. The summed E-state index contributed by atoms with van der Waals surface area (Å²) in [4.78, 5) is 0. The van der Waals surface area contributed by atoms with Gasteiger partial charge >= 0.3 is 0 Å². The van der Waals surface area contributed by atoms with Crippen molar-refractivity contribution in [2.24, 2.45) is 0 Å². The van der Waals surface area contributed by atoms with Gasteiger partial charge in [-0.15, -0.1) is 0 Å². The predicted octanol–water partition coefficient (Wildman–Crippen LogP) is 4.81. The zero-order valence-electron chi connectivity index (χ0n) is 12.7. The average molecular weight is 271 g/mol. The maximum atomic E-state index is 3.71. The van der Waals surface area contributed by atoms with E-state index >= 15 is 0 Å². The molecule has 0 bridgehead atoms. The van der Waals surface area contributed by atoms with Gasteiger partial charge in [0.15, 0.2) is 0 Å². The van der Waals surface area contributed by atoms with Gasteiger partial charge in [0.05, 0.1) is 0 Å². The monoisotopic (exact) mass is 271 g/mol. The van der Waals surface area contributed by atoms with Gasteiger partial charge in [0, 0.05) is 6.04 Å². The molecule has 0 radical (unpaired) electrons. The second-order valence-electron chi connectivity index (χ2n) is 6.76. The van der Waals surface area contributed by atoms with E-state index < -0.39 is 0 Å². The van der Waals surface area contributed by atoms with Crippen molar-refractivity contribution in [1.29, 1.82) is 0 Å². The normalized spacial score (nSPS) is 21.4. The minimum atomic E-state index is 0.802. The van der Waals surface area contributed by atoms with Crippen LogP contribution in [0, 0.1) is 0 Å². The van der Waals surface area contributed by atoms with Gasteiger partial charge < -0.3 is 5.32 Å². The Morgan fingerprint density at radius 1 is 0.800 bits per heavy atom. The van der Waals surface area contributed by atoms with Crippen molar-refractivity contribution in [1.82, 2.24) is 5.32 Å². The van der Waals surface area contributed by atoms with E-state index in [0.29, 0.717) is 0 Å². The lowest BCUT2D eigenvalue weighted by atomic mass is 9.84. The molecule has 2 fully saturated rings. The smallest absolute Gasteiger partial charge is 0.00671 e. The summed E-state index contributed by atoms with van der Waals surface area (Å²) in [5.74, 6) is 0.842. The third-order valence-corrected chi connectivity index (χ3v) is 5.26. The summed E-state index contributed by atoms with van der Waals surface area (Å²) in [6.07, 6.45) is 13.9. The molecule has 1 N–H and O–H groups in total. The lowest BCUT2D eigenvalue weighted by molar-refractivity contribution is 0.443. The summed E-state index contributed by atoms with van der Waals surface area (Å²) in [5, 5.41) is 3.71. The Hall–Kier alpha value is -0.820. The van der Waals surface area contributed by atoms with Gasteiger partial charge in [0.2, 0.25) is 0 Å². The van der Waals surface area contributed by atoms with E-state index in [9.17, 15) is 0 Å². The predicted molar refractivity (Wildman–Crippen MR) is 86.2 cm³/mol. The van der Waals surface area contributed by atoms with E-state index in [2.05, 4.69) is 29.6 Å². The summed E-state index contributed by atoms with van der Waals surface area (Å²) in [6, 6.07) is 10.3. The number of nitrogens with one attached hydrogen (secondary N) is 1. The first-order valence-electron chi connectivity index (χ1n) is 8.74. The molecular formula is C19H29N. The topological polar surface area (TPSA) is 12.0 Å². The lowest BCUT2D eigenvalue weighted by Gasteiger charge is -2.22. The third-order valence-electron chi connectivity index (χ3n) is 5.26. The summed E-state index contributed by atoms with van der Waals surface area (Å²) >= 11 is 0. The van der Waals surface area contributed by atoms with Crippen molar-refractivity contribution >= 4 is 0 Å². The largest absolute Gasteiger partial charge is 0.314 e. The Labute approximate surface area is 124 Å². The van der Waals surface area contributed by atoms with Gasteiger partial charge in [-0.3, -0.25) is 0 Å². The van der Waals surface area contributed by atoms with Gasteiger partial charge in [-0.05, 0) is 55.7 Å². The molecule has 2 aliphatic carbocycles. The average Bonchev–Trinajstić information content (AvgIpc) is 3.02. The molecule has 0 atom stereocenters. The molecular weight excluding hydrogens is 242 g/mol. The highest BCUT2D eigenvalue weighted by molar-refractivity contribution is 5.26. The number of hydrogen-bond acceptors (Lipinski definition) is 1. The van der Waals surface area contributed by atoms with E-state index in [4.69, 9.17) is 0 Å². The van der Waals surface area contributed by atoms with E-state index in [1.807, 2.05) is 0 Å². The molecule has 0 amide bonds. The highest BCUT2D eigenvalue weighted by atomic mass is 14.9. The van der Waals surface area contributed by atoms with Crippen molar-refractivity contribution in [2.45, 2.75) is 76.2 Å². The maximum absolute atomic E-state index is 3.71. The second-order valence-corrected chi connectivity index (χ2v) is 6.76. The van der Waals surface area contributed by atoms with Crippen molar-refractivity contribution in [2.75, 3.05) is 6.54 Å². The fraction of sp³-hybridized carbons (Fsp3) is 0.684. The molecule has 0 heterocycles. The van der Waals surface area contributed by atoms with Gasteiger partial charge in [-0.2, -0.15) is 0 Å². The van der Waals surface area contributed by atoms with Crippen LogP contribution in [-0.2, 0) is 6.42 Å². The lowest BCUT2D eigenvalue weighted by Crippen LogP contribution is -2.27. The molecule has 0 aromatic heterocycles. The Morgan fingerprint density at radius 2 is 1.45 bits per heavy atom. The molecule has 0 saturated heterocycles. The van der Waals surface area contributed by atoms with Crippen LogP contribution >= 0.6 is 0 Å². The van der Waals surface area contributed by atoms with Gasteiger partial charge in [0.1, 0.15) is 0 Å². The van der Waals surface area contributed by atoms with Crippen LogP contribution < -0.4 is 5.32 Å². The Bertz CT molecular complexity index is 383. The third kappa shape index (κ3) is 3.85. The zero-order valence-corrected chi connectivity index (χ0v) is 12.7. The van der Waals surface area contributed by atoms with Gasteiger partial charge in [-0.1, -0.05) is 56.4 Å². The summed E-state index contributed by atoms with van der Waals surface area (Å²) in [7, 11) is 0. The van der Waals surface area contributed by atoms with Gasteiger partial charge in [0.25, 0.3) is 0 Å². The first kappa shape index (κ1) is 14.1. The maximum Gasteiger partial charge on any atom is 0.00671 e. The number of rotatable bonds is 5. The van der Waals surface area contributed by atoms with E-state index in [1.54, 1.807) is 5.56 Å². The highest BCUT2D eigenvalue weighted by Gasteiger charge is 2.15. The second kappa shape index (κ2) is 7.26. The molecule has 0 aliphatic heterocycles. The molecule has 2 saturated carbocycles. The van der Waals surface area contributed by atoms with Gasteiger partial charge in [-0.25, -0.2) is 0 Å². The van der Waals surface area contributed by atoms with E-state index in [1.165, 1.54) is 69.8 Å². The molecule has 1 heteroatoms. The van der Waals surface area contributed by atoms with Crippen molar-refractivity contribution in [3.05, 3.63) is 35.4 Å². The minimum Gasteiger partial charge on any atom is -0.314 e.